The highest BCUT2D eigenvalue weighted by atomic mass is 14.6. The van der Waals surface area contributed by atoms with E-state index >= 15 is 0 Å². The Bertz CT molecular complexity index is 178. The number of allylic oxidation sites excluding steroid dienone is 1. The van der Waals surface area contributed by atoms with Crippen molar-refractivity contribution in [1.82, 2.24) is 0 Å². The third-order valence-corrected chi connectivity index (χ3v) is 2.31. The summed E-state index contributed by atoms with van der Waals surface area (Å²) in [5, 5.41) is 0. The van der Waals surface area contributed by atoms with Gasteiger partial charge in [-0.25, -0.2) is 0 Å². The second-order valence-corrected chi connectivity index (χ2v) is 6.26. The molecule has 13 heavy (non-hydrogen) atoms. The van der Waals surface area contributed by atoms with Crippen LogP contribution >= 0.6 is 0 Å². The molecule has 0 aromatic rings. The molecular formula is C12H25N. The minimum atomic E-state index is 0.221. The van der Waals surface area contributed by atoms with Crippen molar-refractivity contribution in [3.8, 4) is 0 Å². The van der Waals surface area contributed by atoms with E-state index in [1.165, 1.54) is 0 Å². The molecule has 1 nitrogen and oxygen atoms in total. The molecule has 0 bridgehead atoms. The molecule has 0 heterocycles. The van der Waals surface area contributed by atoms with Crippen LogP contribution in [0.1, 0.15) is 48.0 Å². The number of rotatable bonds is 2. The largest absolute Gasteiger partial charge is 0.402 e. The van der Waals surface area contributed by atoms with Gasteiger partial charge in [0, 0.05) is 11.6 Å². The third kappa shape index (κ3) is 4.97. The van der Waals surface area contributed by atoms with Crippen molar-refractivity contribution in [1.29, 1.82) is 0 Å². The summed E-state index contributed by atoms with van der Waals surface area (Å²) in [6.07, 6.45) is 1.10. The maximum absolute atomic E-state index is 5.84. The predicted octanol–water partition coefficient (Wildman–Crippen LogP) is 3.56. The fourth-order valence-electron chi connectivity index (χ4n) is 1.61. The van der Waals surface area contributed by atoms with Crippen LogP contribution in [0.3, 0.4) is 0 Å². The van der Waals surface area contributed by atoms with Crippen molar-refractivity contribution < 1.29 is 0 Å². The highest BCUT2D eigenvalue weighted by Crippen LogP contribution is 2.38. The molecule has 0 aliphatic heterocycles. The van der Waals surface area contributed by atoms with Gasteiger partial charge in [0.2, 0.25) is 0 Å². The first-order valence-electron chi connectivity index (χ1n) is 4.98. The zero-order valence-corrected chi connectivity index (χ0v) is 10.1. The summed E-state index contributed by atoms with van der Waals surface area (Å²) < 4.78 is 0. The molecule has 0 aliphatic carbocycles. The molecule has 0 aliphatic rings. The zero-order chi connectivity index (χ0) is 10.9. The van der Waals surface area contributed by atoms with E-state index in [9.17, 15) is 0 Å². The molecule has 1 atom stereocenters. The Morgan fingerprint density at radius 1 is 1.15 bits per heavy atom. The van der Waals surface area contributed by atoms with E-state index in [0.29, 0.717) is 11.3 Å². The second kappa shape index (κ2) is 3.73. The van der Waals surface area contributed by atoms with E-state index in [2.05, 4.69) is 48.1 Å². The lowest BCUT2D eigenvalue weighted by atomic mass is 9.71. The SMILES string of the molecule is C=C(N)C(CC(C)(C)C)C(C)(C)C. The lowest BCUT2D eigenvalue weighted by Gasteiger charge is -2.35. The molecular weight excluding hydrogens is 158 g/mol. The van der Waals surface area contributed by atoms with Crippen LogP contribution in [0.2, 0.25) is 0 Å². The Kier molecular flexibility index (Phi) is 3.60. The highest BCUT2D eigenvalue weighted by Gasteiger charge is 2.29. The topological polar surface area (TPSA) is 26.0 Å². The minimum absolute atomic E-state index is 0.221. The van der Waals surface area contributed by atoms with Crippen molar-refractivity contribution in [2.45, 2.75) is 48.0 Å². The molecule has 1 heteroatoms. The van der Waals surface area contributed by atoms with Crippen molar-refractivity contribution in [2.24, 2.45) is 22.5 Å². The van der Waals surface area contributed by atoms with E-state index in [1.54, 1.807) is 0 Å². The van der Waals surface area contributed by atoms with Crippen molar-refractivity contribution >= 4 is 0 Å². The standard InChI is InChI=1S/C12H25N/c1-9(13)10(12(5,6)7)8-11(2,3)4/h10H,1,8,13H2,2-7H3. The minimum Gasteiger partial charge on any atom is -0.402 e. The molecule has 0 spiro atoms. The molecule has 0 aromatic heterocycles. The number of hydrogen-bond acceptors (Lipinski definition) is 1. The Morgan fingerprint density at radius 2 is 1.54 bits per heavy atom. The molecule has 0 rings (SSSR count). The van der Waals surface area contributed by atoms with Gasteiger partial charge >= 0.3 is 0 Å². The van der Waals surface area contributed by atoms with E-state index in [0.717, 1.165) is 12.1 Å². The van der Waals surface area contributed by atoms with E-state index < -0.39 is 0 Å². The summed E-state index contributed by atoms with van der Waals surface area (Å²) in [7, 11) is 0. The lowest BCUT2D eigenvalue weighted by molar-refractivity contribution is 0.195. The molecule has 0 saturated heterocycles. The molecule has 0 fully saturated rings. The first kappa shape index (κ1) is 12.5. The van der Waals surface area contributed by atoms with Gasteiger partial charge in [-0.1, -0.05) is 48.1 Å². The summed E-state index contributed by atoms with van der Waals surface area (Å²) >= 11 is 0. The van der Waals surface area contributed by atoms with Gasteiger partial charge in [0.1, 0.15) is 0 Å². The summed E-state index contributed by atoms with van der Waals surface area (Å²) in [5.74, 6) is 0.410. The maximum Gasteiger partial charge on any atom is 0.00445 e. The first-order chi connectivity index (χ1) is 5.54. The van der Waals surface area contributed by atoms with Gasteiger partial charge in [-0.2, -0.15) is 0 Å². The van der Waals surface area contributed by atoms with Crippen molar-refractivity contribution in [2.75, 3.05) is 0 Å². The van der Waals surface area contributed by atoms with Crippen LogP contribution in [-0.2, 0) is 0 Å². The van der Waals surface area contributed by atoms with Gasteiger partial charge in [0.15, 0.2) is 0 Å². The van der Waals surface area contributed by atoms with E-state index in [4.69, 9.17) is 5.73 Å². The zero-order valence-electron chi connectivity index (χ0n) is 10.1. The normalized spacial score (nSPS) is 15.5. The summed E-state index contributed by atoms with van der Waals surface area (Å²) in [6, 6.07) is 0. The molecule has 0 radical (unpaired) electrons. The van der Waals surface area contributed by atoms with Crippen LogP contribution in [-0.4, -0.2) is 0 Å². The Balaban J connectivity index is 4.56. The summed E-state index contributed by atoms with van der Waals surface area (Å²) in [6.45, 7) is 17.3. The molecule has 0 amide bonds. The summed E-state index contributed by atoms with van der Waals surface area (Å²) in [5.41, 5.74) is 7.20. The van der Waals surface area contributed by atoms with Crippen LogP contribution < -0.4 is 5.73 Å². The lowest BCUT2D eigenvalue weighted by Crippen LogP contribution is -2.29. The molecule has 0 saturated carbocycles. The smallest absolute Gasteiger partial charge is 0.00445 e. The van der Waals surface area contributed by atoms with Crippen molar-refractivity contribution in [3.05, 3.63) is 12.3 Å². The van der Waals surface area contributed by atoms with Crippen LogP contribution in [0.5, 0.6) is 0 Å². The average molecular weight is 183 g/mol. The fraction of sp³-hybridized carbons (Fsp3) is 0.833. The molecule has 78 valence electrons. The third-order valence-electron chi connectivity index (χ3n) is 2.31. The highest BCUT2D eigenvalue weighted by molar-refractivity contribution is 5.01. The Hall–Kier alpha value is -0.460. The monoisotopic (exact) mass is 183 g/mol. The Labute approximate surface area is 83.4 Å². The fourth-order valence-corrected chi connectivity index (χ4v) is 1.61. The quantitative estimate of drug-likeness (QED) is 0.696. The average Bonchev–Trinajstić information content (AvgIpc) is 1.77. The van der Waals surface area contributed by atoms with Gasteiger partial charge in [0.25, 0.3) is 0 Å². The number of hydrogen-bond donors (Lipinski definition) is 1. The summed E-state index contributed by atoms with van der Waals surface area (Å²) in [4.78, 5) is 0. The van der Waals surface area contributed by atoms with Gasteiger partial charge in [-0.3, -0.25) is 0 Å². The molecule has 0 aromatic carbocycles. The number of nitrogens with two attached hydrogens (primary N) is 1. The van der Waals surface area contributed by atoms with Gasteiger partial charge in [-0.05, 0) is 17.3 Å². The first-order valence-corrected chi connectivity index (χ1v) is 4.98. The van der Waals surface area contributed by atoms with Crippen LogP contribution in [0.25, 0.3) is 0 Å². The maximum atomic E-state index is 5.84. The predicted molar refractivity (Wildman–Crippen MR) is 60.3 cm³/mol. The second-order valence-electron chi connectivity index (χ2n) is 6.26. The van der Waals surface area contributed by atoms with E-state index in [1.807, 2.05) is 0 Å². The van der Waals surface area contributed by atoms with Gasteiger partial charge < -0.3 is 5.73 Å². The van der Waals surface area contributed by atoms with Gasteiger partial charge in [-0.15, -0.1) is 0 Å². The molecule has 1 unspecified atom stereocenters. The van der Waals surface area contributed by atoms with Gasteiger partial charge in [0.05, 0.1) is 0 Å². The Morgan fingerprint density at radius 3 is 1.62 bits per heavy atom. The van der Waals surface area contributed by atoms with E-state index in [-0.39, 0.29) is 5.41 Å². The van der Waals surface area contributed by atoms with Crippen LogP contribution in [0.4, 0.5) is 0 Å². The van der Waals surface area contributed by atoms with Crippen LogP contribution in [0, 0.1) is 16.7 Å². The van der Waals surface area contributed by atoms with Crippen molar-refractivity contribution in [3.63, 3.8) is 0 Å². The molecule has 2 N–H and O–H groups in total. The van der Waals surface area contributed by atoms with Crippen LogP contribution in [0.15, 0.2) is 12.3 Å².